The standard InChI is InChI=1S/C50H42/c1-50(2,3)34-26-27-45-46(30-34)47(33-24-22-32(23-25-33)36-19-10-13-31-12-4-5-14-35(31)36)40-17-8-9-18-41(40)49(45)44-29-28-43-38-16-7-6-15-37(38)39-20-11-21-42(44)48(39)43/h4-30,37-38,43,45-46,48H,1-3H3. The fourth-order valence-corrected chi connectivity index (χ4v) is 10.0. The fraction of sp³-hybridized carbons (Fsp3) is 0.200. The van der Waals surface area contributed by atoms with Crippen LogP contribution in [0.3, 0.4) is 0 Å². The van der Waals surface area contributed by atoms with Crippen LogP contribution < -0.4 is 10.4 Å². The Labute approximate surface area is 296 Å². The van der Waals surface area contributed by atoms with E-state index in [1.165, 1.54) is 65.8 Å². The van der Waals surface area contributed by atoms with Crippen molar-refractivity contribution in [3.05, 3.63) is 202 Å². The van der Waals surface area contributed by atoms with E-state index in [1.807, 2.05) is 0 Å². The molecule has 0 amide bonds. The van der Waals surface area contributed by atoms with Gasteiger partial charge in [-0.15, -0.1) is 0 Å². The number of hydrogen-bond donors (Lipinski definition) is 0. The van der Waals surface area contributed by atoms with Crippen LogP contribution in [-0.4, -0.2) is 0 Å². The quantitative estimate of drug-likeness (QED) is 0.209. The third kappa shape index (κ3) is 4.44. The average molecular weight is 643 g/mol. The van der Waals surface area contributed by atoms with Crippen LogP contribution in [0.1, 0.15) is 26.3 Å². The summed E-state index contributed by atoms with van der Waals surface area (Å²) in [5.74, 6) is 2.49. The molecule has 10 rings (SSSR count). The molecular weight excluding hydrogens is 601 g/mol. The Balaban J connectivity index is 1.19. The van der Waals surface area contributed by atoms with Crippen LogP contribution in [0.5, 0.6) is 0 Å². The van der Waals surface area contributed by atoms with Crippen molar-refractivity contribution < 1.29 is 0 Å². The maximum atomic E-state index is 2.61. The van der Waals surface area contributed by atoms with Crippen LogP contribution in [0.4, 0.5) is 0 Å². The zero-order valence-corrected chi connectivity index (χ0v) is 29.1. The Morgan fingerprint density at radius 3 is 2.12 bits per heavy atom. The molecule has 242 valence electrons. The Morgan fingerprint density at radius 1 is 0.540 bits per heavy atom. The third-order valence-corrected chi connectivity index (χ3v) is 12.3. The van der Waals surface area contributed by atoms with Crippen molar-refractivity contribution in [1.82, 2.24) is 0 Å². The monoisotopic (exact) mass is 642 g/mol. The molecule has 0 heterocycles. The zero-order chi connectivity index (χ0) is 33.6. The molecule has 6 aliphatic rings. The van der Waals surface area contributed by atoms with Gasteiger partial charge in [-0.05, 0) is 83.0 Å². The average Bonchev–Trinajstić information content (AvgIpc) is 3.48. The Morgan fingerprint density at radius 2 is 1.28 bits per heavy atom. The predicted molar refractivity (Wildman–Crippen MR) is 210 cm³/mol. The zero-order valence-electron chi connectivity index (χ0n) is 29.1. The summed E-state index contributed by atoms with van der Waals surface area (Å²) in [5.41, 5.74) is 12.8. The highest BCUT2D eigenvalue weighted by Crippen LogP contribution is 2.57. The molecule has 0 nitrogen and oxygen atoms in total. The highest BCUT2D eigenvalue weighted by Gasteiger charge is 2.48. The number of fused-ring (bicyclic) bond motifs is 6. The summed E-state index contributed by atoms with van der Waals surface area (Å²) in [5, 5.41) is 5.33. The summed E-state index contributed by atoms with van der Waals surface area (Å²) in [4.78, 5) is 0. The lowest BCUT2D eigenvalue weighted by Gasteiger charge is -2.39. The molecule has 0 radical (unpaired) electrons. The molecule has 6 atom stereocenters. The van der Waals surface area contributed by atoms with Gasteiger partial charge in [-0.3, -0.25) is 0 Å². The summed E-state index contributed by atoms with van der Waals surface area (Å²) < 4.78 is 0. The van der Waals surface area contributed by atoms with E-state index in [1.54, 1.807) is 5.57 Å². The Bertz CT molecular complexity index is 2470. The van der Waals surface area contributed by atoms with Gasteiger partial charge in [0.05, 0.1) is 0 Å². The van der Waals surface area contributed by atoms with Crippen molar-refractivity contribution in [1.29, 1.82) is 0 Å². The SMILES string of the molecule is CC(C)(C)C1=CC2C(c3ccc(-c4cccc5ccccc45)cc3)=c3ccccc3=C(C3=C4C=CC=C5C6C=CC=CC6C(C=C3)C54)C2C=C1. The molecule has 0 bridgehead atoms. The lowest BCUT2D eigenvalue weighted by molar-refractivity contribution is 0.453. The largest absolute Gasteiger partial charge is 0.0799 e. The molecule has 0 aliphatic heterocycles. The predicted octanol–water partition coefficient (Wildman–Crippen LogP) is 10.6. The molecule has 0 aromatic heterocycles. The van der Waals surface area contributed by atoms with Gasteiger partial charge >= 0.3 is 0 Å². The second kappa shape index (κ2) is 11.2. The minimum atomic E-state index is 0.0643. The molecule has 4 aromatic rings. The van der Waals surface area contributed by atoms with Crippen LogP contribution in [0.15, 0.2) is 186 Å². The topological polar surface area (TPSA) is 0 Å². The number of rotatable bonds is 3. The van der Waals surface area contributed by atoms with Crippen molar-refractivity contribution in [3.63, 3.8) is 0 Å². The summed E-state index contributed by atoms with van der Waals surface area (Å²) in [6, 6.07) is 34.0. The van der Waals surface area contributed by atoms with E-state index in [-0.39, 0.29) is 17.3 Å². The van der Waals surface area contributed by atoms with Gasteiger partial charge in [-0.1, -0.05) is 190 Å². The van der Waals surface area contributed by atoms with Gasteiger partial charge in [-0.2, -0.15) is 0 Å². The molecule has 4 aromatic carbocycles. The molecule has 0 spiro atoms. The van der Waals surface area contributed by atoms with Crippen LogP contribution in [0.25, 0.3) is 33.0 Å². The van der Waals surface area contributed by atoms with E-state index in [0.717, 1.165) is 0 Å². The summed E-state index contributed by atoms with van der Waals surface area (Å²) in [7, 11) is 0. The molecule has 6 aliphatic carbocycles. The van der Waals surface area contributed by atoms with E-state index in [9.17, 15) is 0 Å². The van der Waals surface area contributed by atoms with Gasteiger partial charge in [0.1, 0.15) is 0 Å². The van der Waals surface area contributed by atoms with Crippen molar-refractivity contribution in [2.45, 2.75) is 20.8 Å². The van der Waals surface area contributed by atoms with Gasteiger partial charge < -0.3 is 0 Å². The van der Waals surface area contributed by atoms with Crippen LogP contribution in [0.2, 0.25) is 0 Å². The van der Waals surface area contributed by atoms with E-state index in [4.69, 9.17) is 0 Å². The molecule has 1 fully saturated rings. The smallest absolute Gasteiger partial charge is 0.0140 e. The van der Waals surface area contributed by atoms with Gasteiger partial charge in [0.15, 0.2) is 0 Å². The van der Waals surface area contributed by atoms with Crippen LogP contribution in [0, 0.1) is 40.9 Å². The second-order valence-electron chi connectivity index (χ2n) is 15.9. The van der Waals surface area contributed by atoms with Gasteiger partial charge in [0.2, 0.25) is 0 Å². The van der Waals surface area contributed by atoms with E-state index in [0.29, 0.717) is 23.7 Å². The highest BCUT2D eigenvalue weighted by atomic mass is 14.5. The van der Waals surface area contributed by atoms with Crippen LogP contribution >= 0.6 is 0 Å². The normalized spacial score (nSPS) is 27.2. The van der Waals surface area contributed by atoms with E-state index >= 15 is 0 Å². The first-order chi connectivity index (χ1) is 24.5. The molecule has 6 unspecified atom stereocenters. The van der Waals surface area contributed by atoms with Crippen molar-refractivity contribution >= 4 is 21.9 Å². The second-order valence-corrected chi connectivity index (χ2v) is 15.9. The lowest BCUT2D eigenvalue weighted by atomic mass is 9.64. The molecular formula is C50H42. The lowest BCUT2D eigenvalue weighted by Crippen LogP contribution is -2.41. The van der Waals surface area contributed by atoms with E-state index < -0.39 is 0 Å². The van der Waals surface area contributed by atoms with Gasteiger partial charge in [0.25, 0.3) is 0 Å². The summed E-state index contributed by atoms with van der Waals surface area (Å²) in [6.07, 6.45) is 29.2. The fourth-order valence-electron chi connectivity index (χ4n) is 10.0. The van der Waals surface area contributed by atoms with E-state index in [2.05, 4.69) is 185 Å². The van der Waals surface area contributed by atoms with Crippen molar-refractivity contribution in [2.75, 3.05) is 0 Å². The maximum Gasteiger partial charge on any atom is 0.0140 e. The minimum Gasteiger partial charge on any atom is -0.0799 e. The number of hydrogen-bond acceptors (Lipinski definition) is 0. The van der Waals surface area contributed by atoms with Gasteiger partial charge in [-0.25, -0.2) is 0 Å². The Kier molecular flexibility index (Phi) is 6.63. The number of benzene rings is 4. The first-order valence-electron chi connectivity index (χ1n) is 18.4. The van der Waals surface area contributed by atoms with Crippen molar-refractivity contribution in [3.8, 4) is 11.1 Å². The molecule has 0 heteroatoms. The van der Waals surface area contributed by atoms with Crippen LogP contribution in [-0.2, 0) is 0 Å². The molecule has 0 saturated heterocycles. The van der Waals surface area contributed by atoms with Crippen molar-refractivity contribution in [2.24, 2.45) is 40.9 Å². The van der Waals surface area contributed by atoms with Gasteiger partial charge in [0, 0.05) is 23.7 Å². The first kappa shape index (κ1) is 29.7. The molecule has 0 N–H and O–H groups in total. The minimum absolute atomic E-state index is 0.0643. The number of allylic oxidation sites excluding steroid dienone is 16. The molecule has 1 saturated carbocycles. The highest BCUT2D eigenvalue weighted by molar-refractivity contribution is 5.97. The molecule has 50 heavy (non-hydrogen) atoms. The third-order valence-electron chi connectivity index (χ3n) is 12.3. The summed E-state index contributed by atoms with van der Waals surface area (Å²) >= 11 is 0. The maximum absolute atomic E-state index is 2.61. The Hall–Kier alpha value is -5.20. The first-order valence-corrected chi connectivity index (χ1v) is 18.4. The summed E-state index contributed by atoms with van der Waals surface area (Å²) in [6.45, 7) is 7.05.